The molecule has 1 N–H and O–H groups in total. The number of benzene rings is 1. The summed E-state index contributed by atoms with van der Waals surface area (Å²) in [6.07, 6.45) is 0. The van der Waals surface area contributed by atoms with E-state index in [1.807, 2.05) is 26.0 Å². The van der Waals surface area contributed by atoms with Crippen LogP contribution in [0.4, 0.5) is 0 Å². The highest BCUT2D eigenvalue weighted by molar-refractivity contribution is 8.00. The number of hydrogen-bond donors (Lipinski definition) is 1. The molecule has 1 atom stereocenters. The van der Waals surface area contributed by atoms with Crippen LogP contribution in [0.5, 0.6) is 5.75 Å². The molecule has 1 aromatic carbocycles. The fraction of sp³-hybridized carbons (Fsp3) is 0.455. The zero-order chi connectivity index (χ0) is 11.4. The predicted octanol–water partition coefficient (Wildman–Crippen LogP) is 3.13. The molecule has 0 amide bonds. The van der Waals surface area contributed by atoms with Crippen LogP contribution >= 0.6 is 23.4 Å². The predicted molar refractivity (Wildman–Crippen MR) is 65.1 cm³/mol. The van der Waals surface area contributed by atoms with Crippen LogP contribution in [0.3, 0.4) is 0 Å². The van der Waals surface area contributed by atoms with Crippen molar-refractivity contribution in [3.05, 3.63) is 22.7 Å². The van der Waals surface area contributed by atoms with Gasteiger partial charge in [0.05, 0.1) is 18.6 Å². The first-order valence-electron chi connectivity index (χ1n) is 4.70. The van der Waals surface area contributed by atoms with E-state index in [1.54, 1.807) is 18.9 Å². The smallest absolute Gasteiger partial charge is 0.135 e. The third-order valence-electron chi connectivity index (χ3n) is 1.99. The Morgan fingerprint density at radius 3 is 2.73 bits per heavy atom. The van der Waals surface area contributed by atoms with Gasteiger partial charge in [-0.25, -0.2) is 0 Å². The number of halogens is 1. The number of methoxy groups -OCH3 is 1. The minimum Gasteiger partial charge on any atom is -0.495 e. The van der Waals surface area contributed by atoms with Crippen LogP contribution in [0.25, 0.3) is 0 Å². The van der Waals surface area contributed by atoms with Gasteiger partial charge in [-0.3, -0.25) is 0 Å². The van der Waals surface area contributed by atoms with Crippen LogP contribution in [0.2, 0.25) is 5.02 Å². The quantitative estimate of drug-likeness (QED) is 0.828. The van der Waals surface area contributed by atoms with Crippen LogP contribution in [-0.4, -0.2) is 24.1 Å². The lowest BCUT2D eigenvalue weighted by Crippen LogP contribution is -2.02. The molecule has 0 fully saturated rings. The summed E-state index contributed by atoms with van der Waals surface area (Å²) >= 11 is 7.54. The van der Waals surface area contributed by atoms with E-state index >= 15 is 0 Å². The fourth-order valence-electron chi connectivity index (χ4n) is 1.30. The third-order valence-corrected chi connectivity index (χ3v) is 3.32. The van der Waals surface area contributed by atoms with Crippen molar-refractivity contribution < 1.29 is 9.84 Å². The summed E-state index contributed by atoms with van der Waals surface area (Å²) in [7, 11) is 1.64. The van der Waals surface area contributed by atoms with E-state index in [-0.39, 0.29) is 11.9 Å². The van der Waals surface area contributed by atoms with Gasteiger partial charge in [-0.2, -0.15) is 0 Å². The molecule has 15 heavy (non-hydrogen) atoms. The van der Waals surface area contributed by atoms with E-state index in [0.29, 0.717) is 5.02 Å². The van der Waals surface area contributed by atoms with Crippen LogP contribution in [-0.2, 0) is 0 Å². The average Bonchev–Trinajstić information content (AvgIpc) is 2.17. The number of thioether (sulfide) groups is 1. The molecule has 0 spiro atoms. The summed E-state index contributed by atoms with van der Waals surface area (Å²) in [4.78, 5) is 0.976. The van der Waals surface area contributed by atoms with Crippen LogP contribution in [0.1, 0.15) is 12.5 Å². The van der Waals surface area contributed by atoms with Crippen molar-refractivity contribution in [2.45, 2.75) is 24.0 Å². The summed E-state index contributed by atoms with van der Waals surface area (Å²) in [5.41, 5.74) is 1.01. The van der Waals surface area contributed by atoms with Gasteiger partial charge in [-0.05, 0) is 24.6 Å². The Morgan fingerprint density at radius 1 is 1.53 bits per heavy atom. The van der Waals surface area contributed by atoms with Crippen molar-refractivity contribution in [3.8, 4) is 5.75 Å². The topological polar surface area (TPSA) is 29.5 Å². The molecule has 2 nitrogen and oxygen atoms in total. The molecule has 0 bridgehead atoms. The van der Waals surface area contributed by atoms with Crippen molar-refractivity contribution in [1.82, 2.24) is 0 Å². The van der Waals surface area contributed by atoms with Gasteiger partial charge in [0.1, 0.15) is 5.75 Å². The summed E-state index contributed by atoms with van der Waals surface area (Å²) in [5.74, 6) is 0.838. The molecule has 1 unspecified atom stereocenters. The summed E-state index contributed by atoms with van der Waals surface area (Å²) in [6.45, 7) is 4.05. The first kappa shape index (κ1) is 12.7. The van der Waals surface area contributed by atoms with Gasteiger partial charge in [-0.15, -0.1) is 11.8 Å². The SMILES string of the molecule is COc1c(C)cc(Cl)cc1SC(C)CO. The number of rotatable bonds is 4. The normalized spacial score (nSPS) is 12.6. The van der Waals surface area contributed by atoms with Crippen LogP contribution < -0.4 is 4.74 Å². The van der Waals surface area contributed by atoms with E-state index in [0.717, 1.165) is 16.2 Å². The van der Waals surface area contributed by atoms with E-state index in [4.69, 9.17) is 21.4 Å². The Labute approximate surface area is 99.6 Å². The molecule has 0 saturated carbocycles. The summed E-state index contributed by atoms with van der Waals surface area (Å²) < 4.78 is 5.32. The fourth-order valence-corrected chi connectivity index (χ4v) is 2.69. The maximum atomic E-state index is 9.00. The zero-order valence-corrected chi connectivity index (χ0v) is 10.7. The first-order chi connectivity index (χ1) is 7.08. The maximum Gasteiger partial charge on any atom is 0.135 e. The number of ether oxygens (including phenoxy) is 1. The second-order valence-electron chi connectivity index (χ2n) is 3.37. The van der Waals surface area contributed by atoms with Crippen molar-refractivity contribution in [2.24, 2.45) is 0 Å². The molecular formula is C11H15ClO2S. The minimum absolute atomic E-state index is 0.136. The Balaban J connectivity index is 3.03. The molecule has 1 aromatic rings. The summed E-state index contributed by atoms with van der Waals surface area (Å²) in [6, 6.07) is 3.73. The molecule has 0 heterocycles. The average molecular weight is 247 g/mol. The Morgan fingerprint density at radius 2 is 2.20 bits per heavy atom. The standard InChI is InChI=1S/C11H15ClO2S/c1-7-4-9(12)5-10(11(7)14-3)15-8(2)6-13/h4-5,8,13H,6H2,1-3H3. The molecule has 0 radical (unpaired) electrons. The van der Waals surface area contributed by atoms with E-state index in [9.17, 15) is 0 Å². The second kappa shape index (κ2) is 5.64. The molecule has 4 heteroatoms. The molecule has 0 aromatic heterocycles. The molecule has 0 aliphatic rings. The molecule has 1 rings (SSSR count). The molecule has 84 valence electrons. The Hall–Kier alpha value is -0.380. The second-order valence-corrected chi connectivity index (χ2v) is 5.28. The van der Waals surface area contributed by atoms with Gasteiger partial charge in [0.15, 0.2) is 0 Å². The van der Waals surface area contributed by atoms with Crippen LogP contribution in [0.15, 0.2) is 17.0 Å². The van der Waals surface area contributed by atoms with Crippen molar-refractivity contribution in [3.63, 3.8) is 0 Å². The maximum absolute atomic E-state index is 9.00. The Kier molecular flexibility index (Phi) is 4.77. The van der Waals surface area contributed by atoms with Gasteiger partial charge in [0, 0.05) is 10.3 Å². The van der Waals surface area contributed by atoms with Crippen molar-refractivity contribution >= 4 is 23.4 Å². The first-order valence-corrected chi connectivity index (χ1v) is 5.96. The molecule has 0 saturated heterocycles. The van der Waals surface area contributed by atoms with Crippen molar-refractivity contribution in [1.29, 1.82) is 0 Å². The van der Waals surface area contributed by atoms with Gasteiger partial charge >= 0.3 is 0 Å². The highest BCUT2D eigenvalue weighted by Crippen LogP contribution is 2.36. The lowest BCUT2D eigenvalue weighted by molar-refractivity contribution is 0.300. The van der Waals surface area contributed by atoms with E-state index < -0.39 is 0 Å². The molecule has 0 aliphatic carbocycles. The largest absolute Gasteiger partial charge is 0.495 e. The highest BCUT2D eigenvalue weighted by Gasteiger charge is 2.11. The number of aliphatic hydroxyl groups is 1. The lowest BCUT2D eigenvalue weighted by Gasteiger charge is -2.14. The number of hydrogen-bond acceptors (Lipinski definition) is 3. The van der Waals surface area contributed by atoms with Crippen LogP contribution in [0, 0.1) is 6.92 Å². The Bertz CT molecular complexity index is 342. The van der Waals surface area contributed by atoms with E-state index in [1.165, 1.54) is 0 Å². The van der Waals surface area contributed by atoms with E-state index in [2.05, 4.69) is 0 Å². The van der Waals surface area contributed by atoms with Crippen molar-refractivity contribution in [2.75, 3.05) is 13.7 Å². The minimum atomic E-state index is 0.136. The third kappa shape index (κ3) is 3.30. The number of aryl methyl sites for hydroxylation is 1. The number of aliphatic hydroxyl groups excluding tert-OH is 1. The van der Waals surface area contributed by atoms with Gasteiger partial charge < -0.3 is 9.84 Å². The molecule has 0 aliphatic heterocycles. The molecular weight excluding hydrogens is 232 g/mol. The van der Waals surface area contributed by atoms with Gasteiger partial charge in [0.2, 0.25) is 0 Å². The summed E-state index contributed by atoms with van der Waals surface area (Å²) in [5, 5.41) is 9.83. The van der Waals surface area contributed by atoms with Gasteiger partial charge in [-0.1, -0.05) is 18.5 Å². The monoisotopic (exact) mass is 246 g/mol. The zero-order valence-electron chi connectivity index (χ0n) is 9.08. The highest BCUT2D eigenvalue weighted by atomic mass is 35.5. The van der Waals surface area contributed by atoms with Gasteiger partial charge in [0.25, 0.3) is 0 Å². The lowest BCUT2D eigenvalue weighted by atomic mass is 10.2.